The molecule has 0 aromatic carbocycles. The molecule has 1 radical (unpaired) electrons. The first-order valence-corrected chi connectivity index (χ1v) is 0. The van der Waals surface area contributed by atoms with Crippen molar-refractivity contribution in [3.05, 3.63) is 0 Å². The summed E-state index contributed by atoms with van der Waals surface area (Å²) in [5.74, 6) is 0. The van der Waals surface area contributed by atoms with Crippen LogP contribution in [0.25, 0.3) is 0 Å². The van der Waals surface area contributed by atoms with Gasteiger partial charge in [-0.05, 0) is 0 Å². The van der Waals surface area contributed by atoms with Gasteiger partial charge in [0, 0.05) is 0 Å². The minimum Gasteiger partial charge on any atom is -2.00 e. The van der Waals surface area contributed by atoms with Gasteiger partial charge in [-0.2, -0.15) is 0 Å². The largest absolute Gasteiger partial charge is 3.00 e. The average molecular weight is 90.9 g/mol. The summed E-state index contributed by atoms with van der Waals surface area (Å²) in [6.07, 6.45) is 0. The standard InChI is InChI=1S/Cr.Li.2O/q+3;+1;2*-2. The zero-order chi connectivity index (χ0) is 0. The summed E-state index contributed by atoms with van der Waals surface area (Å²) in [6, 6.07) is 0. The Hall–Kier alpha value is 1.05. The Morgan fingerprint density at radius 2 is 0.750 bits per heavy atom. The van der Waals surface area contributed by atoms with Gasteiger partial charge in [0.05, 0.1) is 0 Å². The molecule has 0 bridgehead atoms. The Morgan fingerprint density at radius 1 is 0.750 bits per heavy atom. The van der Waals surface area contributed by atoms with Gasteiger partial charge in [0.2, 0.25) is 0 Å². The van der Waals surface area contributed by atoms with Gasteiger partial charge >= 0.3 is 36.2 Å². The second kappa shape index (κ2) is 34.2. The third kappa shape index (κ3) is 11.6. The van der Waals surface area contributed by atoms with Crippen LogP contribution < -0.4 is 18.9 Å². The second-order valence-electron chi connectivity index (χ2n) is 0. The Kier molecular flexibility index (Phi) is 642. The maximum Gasteiger partial charge on any atom is 3.00 e. The van der Waals surface area contributed by atoms with Crippen LogP contribution >= 0.6 is 0 Å². The van der Waals surface area contributed by atoms with E-state index in [4.69, 9.17) is 0 Å². The topological polar surface area (TPSA) is 57.0 Å². The zero-order valence-electron chi connectivity index (χ0n) is 2.22. The Balaban J connectivity index is 0. The molecule has 0 aliphatic heterocycles. The van der Waals surface area contributed by atoms with Crippen LogP contribution in [0, 0.1) is 0 Å². The number of hydrogen-bond acceptors (Lipinski definition) is 0. The summed E-state index contributed by atoms with van der Waals surface area (Å²) in [6.45, 7) is 0. The van der Waals surface area contributed by atoms with Crippen molar-refractivity contribution in [1.82, 2.24) is 0 Å². The number of rotatable bonds is 0. The molecule has 0 aromatic rings. The first-order valence-electron chi connectivity index (χ1n) is 0. The first kappa shape index (κ1) is 75.1. The van der Waals surface area contributed by atoms with Crippen LogP contribution in [0.4, 0.5) is 0 Å². The zero-order valence-corrected chi connectivity index (χ0v) is 3.50. The van der Waals surface area contributed by atoms with E-state index in [1.165, 1.54) is 0 Å². The van der Waals surface area contributed by atoms with E-state index in [1.54, 1.807) is 0 Å². The minimum absolute atomic E-state index is 0. The molecule has 19 valence electrons. The van der Waals surface area contributed by atoms with E-state index in [-0.39, 0.29) is 47.2 Å². The molecule has 4 heteroatoms. The molecular weight excluding hydrogens is 90.9 g/mol. The van der Waals surface area contributed by atoms with E-state index in [9.17, 15) is 0 Å². The van der Waals surface area contributed by atoms with Crippen LogP contribution in [0.2, 0.25) is 0 Å². The van der Waals surface area contributed by atoms with Gasteiger partial charge in [0.1, 0.15) is 0 Å². The third-order valence-corrected chi connectivity index (χ3v) is 0. The van der Waals surface area contributed by atoms with Crippen molar-refractivity contribution >= 4 is 0 Å². The monoisotopic (exact) mass is 90.9 g/mol. The molecule has 0 aliphatic carbocycles. The van der Waals surface area contributed by atoms with Gasteiger partial charge in [-0.15, -0.1) is 0 Å². The van der Waals surface area contributed by atoms with Gasteiger partial charge in [-0.25, -0.2) is 0 Å². The molecule has 0 saturated heterocycles. The van der Waals surface area contributed by atoms with E-state index in [2.05, 4.69) is 0 Å². The summed E-state index contributed by atoms with van der Waals surface area (Å²) < 4.78 is 0. The molecule has 0 amide bonds. The van der Waals surface area contributed by atoms with Gasteiger partial charge in [-0.1, -0.05) is 0 Å². The average Bonchev–Trinajstić information content (AvgIpc) is 0. The molecule has 0 N–H and O–H groups in total. The molecule has 0 aromatic heterocycles. The Labute approximate surface area is 47.5 Å². The molecule has 0 saturated carbocycles. The van der Waals surface area contributed by atoms with Crippen molar-refractivity contribution in [2.24, 2.45) is 0 Å². The molecule has 0 fully saturated rings. The second-order valence-corrected chi connectivity index (χ2v) is 0. The van der Waals surface area contributed by atoms with Crippen LogP contribution in [0.3, 0.4) is 0 Å². The molecule has 0 heterocycles. The fourth-order valence-corrected chi connectivity index (χ4v) is 0. The molecule has 4 heavy (non-hydrogen) atoms. The van der Waals surface area contributed by atoms with Gasteiger partial charge in [0.25, 0.3) is 0 Å². The van der Waals surface area contributed by atoms with Crippen LogP contribution in [0.5, 0.6) is 0 Å². The predicted molar refractivity (Wildman–Crippen MR) is 1.37 cm³/mol. The quantitative estimate of drug-likeness (QED) is 0.281. The van der Waals surface area contributed by atoms with Gasteiger partial charge in [-0.3, -0.25) is 0 Å². The minimum atomic E-state index is 0. The van der Waals surface area contributed by atoms with Gasteiger partial charge < -0.3 is 11.0 Å². The Bertz CT molecular complexity index is 6.00. The van der Waals surface area contributed by atoms with Gasteiger partial charge in [0.15, 0.2) is 0 Å². The third-order valence-electron chi connectivity index (χ3n) is 0. The molecule has 0 unspecified atom stereocenters. The van der Waals surface area contributed by atoms with Crippen LogP contribution in [0.1, 0.15) is 0 Å². The van der Waals surface area contributed by atoms with Crippen molar-refractivity contribution in [2.75, 3.05) is 0 Å². The molecule has 0 atom stereocenters. The fraction of sp³-hybridized carbons (Fsp3) is 0. The summed E-state index contributed by atoms with van der Waals surface area (Å²) >= 11 is 0. The van der Waals surface area contributed by atoms with Crippen LogP contribution in [0.15, 0.2) is 0 Å². The van der Waals surface area contributed by atoms with E-state index in [0.29, 0.717) is 0 Å². The van der Waals surface area contributed by atoms with E-state index in [0.717, 1.165) is 0 Å². The van der Waals surface area contributed by atoms with Crippen LogP contribution in [-0.4, -0.2) is 0 Å². The summed E-state index contributed by atoms with van der Waals surface area (Å²) in [5, 5.41) is 0. The van der Waals surface area contributed by atoms with Crippen molar-refractivity contribution in [3.63, 3.8) is 0 Å². The van der Waals surface area contributed by atoms with Crippen molar-refractivity contribution in [2.45, 2.75) is 0 Å². The smallest absolute Gasteiger partial charge is 2.00 e. The summed E-state index contributed by atoms with van der Waals surface area (Å²) in [5.41, 5.74) is 0. The first-order chi connectivity index (χ1) is 0. The maximum atomic E-state index is 0. The molecule has 0 spiro atoms. The predicted octanol–water partition coefficient (Wildman–Crippen LogP) is -3.24. The Morgan fingerprint density at radius 3 is 0.750 bits per heavy atom. The van der Waals surface area contributed by atoms with E-state index in [1.807, 2.05) is 0 Å². The maximum absolute atomic E-state index is 0. The van der Waals surface area contributed by atoms with Crippen molar-refractivity contribution in [3.8, 4) is 0 Å². The van der Waals surface area contributed by atoms with Crippen molar-refractivity contribution in [1.29, 1.82) is 0 Å². The van der Waals surface area contributed by atoms with E-state index >= 15 is 0 Å². The van der Waals surface area contributed by atoms with E-state index < -0.39 is 0 Å². The fourth-order valence-electron chi connectivity index (χ4n) is 0. The number of hydrogen-bond donors (Lipinski definition) is 0. The molecule has 0 aliphatic rings. The normalized spacial score (nSPS) is 0. The molecule has 0 rings (SSSR count). The molecule has 2 nitrogen and oxygen atoms in total. The SMILES string of the molecule is [Cr+3].[Li+].[O-2].[O-2]. The molecular formula is CrLiO2. The van der Waals surface area contributed by atoms with Crippen LogP contribution in [-0.2, 0) is 28.3 Å². The van der Waals surface area contributed by atoms with Crippen molar-refractivity contribution < 1.29 is 47.2 Å². The summed E-state index contributed by atoms with van der Waals surface area (Å²) in [7, 11) is 0. The summed E-state index contributed by atoms with van der Waals surface area (Å²) in [4.78, 5) is 0.